The topological polar surface area (TPSA) is 9.23 Å². The highest BCUT2D eigenvalue weighted by Crippen LogP contribution is 2.26. The summed E-state index contributed by atoms with van der Waals surface area (Å²) in [6.07, 6.45) is 4.14. The SMILES string of the molecule is c1ccc(COCC2CCC2)cc1. The average molecular weight is 176 g/mol. The molecule has 0 amide bonds. The minimum absolute atomic E-state index is 0.775. The van der Waals surface area contributed by atoms with Gasteiger partial charge in [-0.05, 0) is 24.3 Å². The minimum Gasteiger partial charge on any atom is -0.376 e. The molecule has 1 heteroatoms. The first-order valence-electron chi connectivity index (χ1n) is 5.07. The monoisotopic (exact) mass is 176 g/mol. The molecule has 2 rings (SSSR count). The number of hydrogen-bond acceptors (Lipinski definition) is 1. The summed E-state index contributed by atoms with van der Waals surface area (Å²) in [4.78, 5) is 0. The van der Waals surface area contributed by atoms with Gasteiger partial charge < -0.3 is 4.74 Å². The summed E-state index contributed by atoms with van der Waals surface area (Å²) in [6.45, 7) is 1.73. The Kier molecular flexibility index (Phi) is 2.98. The lowest BCUT2D eigenvalue weighted by Crippen LogP contribution is -2.17. The molecule has 1 fully saturated rings. The van der Waals surface area contributed by atoms with Gasteiger partial charge >= 0.3 is 0 Å². The third kappa shape index (κ3) is 2.56. The van der Waals surface area contributed by atoms with Crippen LogP contribution in [0, 0.1) is 5.92 Å². The van der Waals surface area contributed by atoms with E-state index in [1.807, 2.05) is 6.07 Å². The van der Waals surface area contributed by atoms with Crippen LogP contribution in [-0.4, -0.2) is 6.61 Å². The first-order chi connectivity index (χ1) is 6.45. The molecule has 0 aromatic heterocycles. The molecule has 1 aliphatic carbocycles. The lowest BCUT2D eigenvalue weighted by atomic mass is 9.86. The smallest absolute Gasteiger partial charge is 0.0717 e. The van der Waals surface area contributed by atoms with Crippen LogP contribution in [0.15, 0.2) is 30.3 Å². The molecule has 1 nitrogen and oxygen atoms in total. The van der Waals surface area contributed by atoms with Crippen LogP contribution in [-0.2, 0) is 11.3 Å². The normalized spacial score (nSPS) is 16.9. The third-order valence-corrected chi connectivity index (χ3v) is 2.69. The summed E-state index contributed by atoms with van der Waals surface area (Å²) in [5.41, 5.74) is 1.28. The molecule has 0 saturated heterocycles. The maximum absolute atomic E-state index is 5.62. The maximum Gasteiger partial charge on any atom is 0.0717 e. The van der Waals surface area contributed by atoms with Gasteiger partial charge in [0.15, 0.2) is 0 Å². The Balaban J connectivity index is 1.67. The van der Waals surface area contributed by atoms with E-state index in [4.69, 9.17) is 4.74 Å². The van der Waals surface area contributed by atoms with Crippen molar-refractivity contribution in [3.63, 3.8) is 0 Å². The average Bonchev–Trinajstić information content (AvgIpc) is 2.11. The molecular weight excluding hydrogens is 160 g/mol. The van der Waals surface area contributed by atoms with Gasteiger partial charge in [0.2, 0.25) is 0 Å². The predicted octanol–water partition coefficient (Wildman–Crippen LogP) is 3.00. The fraction of sp³-hybridized carbons (Fsp3) is 0.500. The molecule has 0 N–H and O–H groups in total. The Morgan fingerprint density at radius 3 is 2.54 bits per heavy atom. The van der Waals surface area contributed by atoms with Gasteiger partial charge in [-0.15, -0.1) is 0 Å². The molecule has 0 aliphatic heterocycles. The van der Waals surface area contributed by atoms with Crippen molar-refractivity contribution in [1.29, 1.82) is 0 Å². The largest absolute Gasteiger partial charge is 0.376 e. The third-order valence-electron chi connectivity index (χ3n) is 2.69. The van der Waals surface area contributed by atoms with Gasteiger partial charge in [0.05, 0.1) is 6.61 Å². The fourth-order valence-corrected chi connectivity index (χ4v) is 1.58. The summed E-state index contributed by atoms with van der Waals surface area (Å²) in [5, 5.41) is 0. The Morgan fingerprint density at radius 2 is 1.92 bits per heavy atom. The summed E-state index contributed by atoms with van der Waals surface area (Å²) < 4.78 is 5.62. The second-order valence-electron chi connectivity index (χ2n) is 3.80. The van der Waals surface area contributed by atoms with Crippen molar-refractivity contribution in [2.75, 3.05) is 6.61 Å². The van der Waals surface area contributed by atoms with Gasteiger partial charge in [-0.25, -0.2) is 0 Å². The molecule has 0 unspecified atom stereocenters. The number of ether oxygens (including phenoxy) is 1. The Bertz CT molecular complexity index is 239. The predicted molar refractivity (Wildman–Crippen MR) is 53.4 cm³/mol. The second kappa shape index (κ2) is 4.43. The molecule has 1 saturated carbocycles. The maximum atomic E-state index is 5.62. The zero-order valence-corrected chi connectivity index (χ0v) is 7.91. The molecular formula is C12H16O. The van der Waals surface area contributed by atoms with Crippen molar-refractivity contribution in [3.8, 4) is 0 Å². The first-order valence-corrected chi connectivity index (χ1v) is 5.07. The van der Waals surface area contributed by atoms with Crippen molar-refractivity contribution >= 4 is 0 Å². The first kappa shape index (κ1) is 8.76. The number of benzene rings is 1. The van der Waals surface area contributed by atoms with Gasteiger partial charge in [0.25, 0.3) is 0 Å². The fourth-order valence-electron chi connectivity index (χ4n) is 1.58. The Labute approximate surface area is 79.7 Å². The van der Waals surface area contributed by atoms with Gasteiger partial charge in [0, 0.05) is 6.61 Å². The molecule has 0 bridgehead atoms. The highest BCUT2D eigenvalue weighted by atomic mass is 16.5. The zero-order chi connectivity index (χ0) is 8.93. The Hall–Kier alpha value is -0.820. The highest BCUT2D eigenvalue weighted by Gasteiger charge is 2.16. The Morgan fingerprint density at radius 1 is 1.15 bits per heavy atom. The summed E-state index contributed by atoms with van der Waals surface area (Å²) in [6, 6.07) is 10.4. The zero-order valence-electron chi connectivity index (χ0n) is 7.91. The second-order valence-corrected chi connectivity index (χ2v) is 3.80. The van der Waals surface area contributed by atoms with Crippen molar-refractivity contribution in [2.45, 2.75) is 25.9 Å². The number of rotatable bonds is 4. The number of hydrogen-bond donors (Lipinski definition) is 0. The van der Waals surface area contributed by atoms with E-state index in [2.05, 4.69) is 24.3 Å². The van der Waals surface area contributed by atoms with Crippen LogP contribution in [0.25, 0.3) is 0 Å². The molecule has 0 atom stereocenters. The molecule has 0 heterocycles. The van der Waals surface area contributed by atoms with Crippen LogP contribution in [0.2, 0.25) is 0 Å². The van der Waals surface area contributed by atoms with Crippen LogP contribution in [0.4, 0.5) is 0 Å². The van der Waals surface area contributed by atoms with E-state index in [9.17, 15) is 0 Å². The van der Waals surface area contributed by atoms with E-state index in [1.54, 1.807) is 0 Å². The van der Waals surface area contributed by atoms with Crippen molar-refractivity contribution in [3.05, 3.63) is 35.9 Å². The van der Waals surface area contributed by atoms with Crippen LogP contribution < -0.4 is 0 Å². The van der Waals surface area contributed by atoms with Gasteiger partial charge in [-0.1, -0.05) is 36.8 Å². The minimum atomic E-state index is 0.775. The molecule has 1 aromatic carbocycles. The van der Waals surface area contributed by atoms with E-state index >= 15 is 0 Å². The molecule has 1 aromatic rings. The van der Waals surface area contributed by atoms with E-state index < -0.39 is 0 Å². The van der Waals surface area contributed by atoms with Crippen molar-refractivity contribution in [1.82, 2.24) is 0 Å². The lowest BCUT2D eigenvalue weighted by molar-refractivity contribution is 0.0596. The van der Waals surface area contributed by atoms with Crippen LogP contribution >= 0.6 is 0 Å². The quantitative estimate of drug-likeness (QED) is 0.685. The standard InChI is InChI=1S/C12H16O/c1-2-5-11(6-3-1)9-13-10-12-7-4-8-12/h1-3,5-6,12H,4,7-10H2. The van der Waals surface area contributed by atoms with Gasteiger partial charge in [0.1, 0.15) is 0 Å². The van der Waals surface area contributed by atoms with Gasteiger partial charge in [-0.2, -0.15) is 0 Å². The highest BCUT2D eigenvalue weighted by molar-refractivity contribution is 5.13. The van der Waals surface area contributed by atoms with Crippen LogP contribution in [0.5, 0.6) is 0 Å². The van der Waals surface area contributed by atoms with E-state index in [0.717, 1.165) is 19.1 Å². The van der Waals surface area contributed by atoms with Crippen LogP contribution in [0.1, 0.15) is 24.8 Å². The molecule has 0 spiro atoms. The van der Waals surface area contributed by atoms with E-state index in [-0.39, 0.29) is 0 Å². The molecule has 0 radical (unpaired) electrons. The van der Waals surface area contributed by atoms with Crippen molar-refractivity contribution < 1.29 is 4.74 Å². The van der Waals surface area contributed by atoms with E-state index in [0.29, 0.717) is 0 Å². The van der Waals surface area contributed by atoms with Crippen molar-refractivity contribution in [2.24, 2.45) is 5.92 Å². The van der Waals surface area contributed by atoms with Gasteiger partial charge in [-0.3, -0.25) is 0 Å². The molecule has 70 valence electrons. The molecule has 13 heavy (non-hydrogen) atoms. The summed E-state index contributed by atoms with van der Waals surface area (Å²) in [7, 11) is 0. The molecule has 1 aliphatic rings. The summed E-state index contributed by atoms with van der Waals surface area (Å²) >= 11 is 0. The lowest BCUT2D eigenvalue weighted by Gasteiger charge is -2.24. The summed E-state index contributed by atoms with van der Waals surface area (Å²) in [5.74, 6) is 0.851. The van der Waals surface area contributed by atoms with Crippen LogP contribution in [0.3, 0.4) is 0 Å². The van der Waals surface area contributed by atoms with E-state index in [1.165, 1.54) is 24.8 Å².